The van der Waals surface area contributed by atoms with Gasteiger partial charge in [0.15, 0.2) is 0 Å². The number of nitrogens with two attached hydrogens (primary N) is 2. The van der Waals surface area contributed by atoms with Crippen LogP contribution in [0.5, 0.6) is 11.5 Å². The summed E-state index contributed by atoms with van der Waals surface area (Å²) < 4.78 is 11.6. The zero-order valence-corrected chi connectivity index (χ0v) is 15.0. The van der Waals surface area contributed by atoms with Gasteiger partial charge < -0.3 is 20.9 Å². The summed E-state index contributed by atoms with van der Waals surface area (Å²) in [5.41, 5.74) is 12.8. The molecule has 0 aliphatic rings. The lowest BCUT2D eigenvalue weighted by Gasteiger charge is -2.10. The highest BCUT2D eigenvalue weighted by atomic mass is 16.5. The molecule has 26 heavy (non-hydrogen) atoms. The fourth-order valence-electron chi connectivity index (χ4n) is 2.89. The van der Waals surface area contributed by atoms with Gasteiger partial charge in [-0.15, -0.1) is 0 Å². The van der Waals surface area contributed by atoms with Gasteiger partial charge in [0.25, 0.3) is 0 Å². The molecule has 3 aromatic carbocycles. The quantitative estimate of drug-likeness (QED) is 0.420. The SMILES string of the molecule is Nc1ccc(OCCCCCCOc2ccc3ccccc3c2)c(N)c1. The first-order valence-corrected chi connectivity index (χ1v) is 9.12. The van der Waals surface area contributed by atoms with Gasteiger partial charge in [0.2, 0.25) is 0 Å². The second-order valence-corrected chi connectivity index (χ2v) is 6.42. The van der Waals surface area contributed by atoms with E-state index in [0.29, 0.717) is 23.7 Å². The predicted octanol–water partition coefficient (Wildman–Crippen LogP) is 5.02. The van der Waals surface area contributed by atoms with Gasteiger partial charge in [-0.2, -0.15) is 0 Å². The second kappa shape index (κ2) is 8.99. The first-order valence-electron chi connectivity index (χ1n) is 9.12. The average molecular weight is 350 g/mol. The van der Waals surface area contributed by atoms with E-state index in [1.54, 1.807) is 12.1 Å². The van der Waals surface area contributed by atoms with Gasteiger partial charge >= 0.3 is 0 Å². The number of ether oxygens (including phenoxy) is 2. The minimum atomic E-state index is 0.591. The lowest BCUT2D eigenvalue weighted by Crippen LogP contribution is -2.02. The highest BCUT2D eigenvalue weighted by Gasteiger charge is 2.01. The molecule has 0 bridgehead atoms. The van der Waals surface area contributed by atoms with Crippen molar-refractivity contribution in [2.75, 3.05) is 24.7 Å². The van der Waals surface area contributed by atoms with Gasteiger partial charge in [-0.05, 0) is 66.8 Å². The number of rotatable bonds is 9. The van der Waals surface area contributed by atoms with Crippen LogP contribution >= 0.6 is 0 Å². The zero-order valence-electron chi connectivity index (χ0n) is 15.0. The third-order valence-electron chi connectivity index (χ3n) is 4.32. The molecule has 3 aromatic rings. The Kier molecular flexibility index (Phi) is 6.20. The largest absolute Gasteiger partial charge is 0.494 e. The van der Waals surface area contributed by atoms with Crippen molar-refractivity contribution < 1.29 is 9.47 Å². The maximum Gasteiger partial charge on any atom is 0.142 e. The molecule has 3 rings (SSSR count). The molecule has 0 heterocycles. The Morgan fingerprint density at radius 3 is 2.15 bits per heavy atom. The molecule has 0 saturated heterocycles. The van der Waals surface area contributed by atoms with E-state index in [4.69, 9.17) is 20.9 Å². The summed E-state index contributed by atoms with van der Waals surface area (Å²) in [7, 11) is 0. The van der Waals surface area contributed by atoms with Crippen molar-refractivity contribution in [3.8, 4) is 11.5 Å². The number of nitrogen functional groups attached to an aromatic ring is 2. The molecule has 4 heteroatoms. The van der Waals surface area contributed by atoms with Crippen molar-refractivity contribution >= 4 is 22.1 Å². The minimum absolute atomic E-state index is 0.591. The average Bonchev–Trinajstić information content (AvgIpc) is 2.65. The van der Waals surface area contributed by atoms with Gasteiger partial charge in [-0.1, -0.05) is 30.3 Å². The van der Waals surface area contributed by atoms with Crippen LogP contribution in [0.3, 0.4) is 0 Å². The van der Waals surface area contributed by atoms with Crippen molar-refractivity contribution in [1.82, 2.24) is 0 Å². The zero-order chi connectivity index (χ0) is 18.2. The van der Waals surface area contributed by atoms with E-state index in [9.17, 15) is 0 Å². The van der Waals surface area contributed by atoms with Crippen molar-refractivity contribution in [2.45, 2.75) is 25.7 Å². The molecule has 0 aliphatic carbocycles. The van der Waals surface area contributed by atoms with Crippen LogP contribution in [-0.2, 0) is 0 Å². The van der Waals surface area contributed by atoms with Crippen LogP contribution in [0.4, 0.5) is 11.4 Å². The second-order valence-electron chi connectivity index (χ2n) is 6.42. The molecule has 4 N–H and O–H groups in total. The molecule has 0 aromatic heterocycles. The summed E-state index contributed by atoms with van der Waals surface area (Å²) in [4.78, 5) is 0. The molecule has 0 unspecified atom stereocenters. The van der Waals surface area contributed by atoms with Crippen molar-refractivity contribution in [2.24, 2.45) is 0 Å². The normalized spacial score (nSPS) is 10.8. The summed E-state index contributed by atoms with van der Waals surface area (Å²) >= 11 is 0. The smallest absolute Gasteiger partial charge is 0.142 e. The van der Waals surface area contributed by atoms with Crippen LogP contribution in [0.2, 0.25) is 0 Å². The molecule has 4 nitrogen and oxygen atoms in total. The number of hydrogen-bond donors (Lipinski definition) is 2. The minimum Gasteiger partial charge on any atom is -0.494 e. The Hall–Kier alpha value is -2.88. The van der Waals surface area contributed by atoms with Gasteiger partial charge in [-0.3, -0.25) is 0 Å². The molecule has 0 saturated carbocycles. The molecule has 0 fully saturated rings. The van der Waals surface area contributed by atoms with E-state index in [1.165, 1.54) is 10.8 Å². The van der Waals surface area contributed by atoms with Crippen LogP contribution in [-0.4, -0.2) is 13.2 Å². The van der Waals surface area contributed by atoms with E-state index >= 15 is 0 Å². The van der Waals surface area contributed by atoms with E-state index in [-0.39, 0.29) is 0 Å². The number of fused-ring (bicyclic) bond motifs is 1. The first kappa shape index (κ1) is 17.9. The standard InChI is InChI=1S/C22H26N2O2/c23-19-10-12-22(21(24)16-19)26-14-6-2-1-5-13-25-20-11-9-17-7-3-4-8-18(17)15-20/h3-4,7-12,15-16H,1-2,5-6,13-14,23-24H2. The number of hydrogen-bond acceptors (Lipinski definition) is 4. The topological polar surface area (TPSA) is 70.5 Å². The van der Waals surface area contributed by atoms with Crippen LogP contribution in [0.1, 0.15) is 25.7 Å². The van der Waals surface area contributed by atoms with Crippen molar-refractivity contribution in [3.05, 3.63) is 60.7 Å². The Morgan fingerprint density at radius 1 is 0.654 bits per heavy atom. The molecule has 0 atom stereocenters. The van der Waals surface area contributed by atoms with Gasteiger partial charge in [-0.25, -0.2) is 0 Å². The number of benzene rings is 3. The van der Waals surface area contributed by atoms with E-state index in [0.717, 1.165) is 38.0 Å². The van der Waals surface area contributed by atoms with E-state index in [1.807, 2.05) is 24.3 Å². The highest BCUT2D eigenvalue weighted by Crippen LogP contribution is 2.24. The van der Waals surface area contributed by atoms with E-state index in [2.05, 4.69) is 24.3 Å². The lowest BCUT2D eigenvalue weighted by molar-refractivity contribution is 0.288. The van der Waals surface area contributed by atoms with Crippen LogP contribution in [0.15, 0.2) is 60.7 Å². The predicted molar refractivity (Wildman–Crippen MR) is 109 cm³/mol. The summed E-state index contributed by atoms with van der Waals surface area (Å²) in [6.45, 7) is 1.41. The molecule has 0 radical (unpaired) electrons. The maximum absolute atomic E-state index is 5.87. The monoisotopic (exact) mass is 350 g/mol. The number of unbranched alkanes of at least 4 members (excludes halogenated alkanes) is 3. The summed E-state index contributed by atoms with van der Waals surface area (Å²) in [6, 6.07) is 19.9. The van der Waals surface area contributed by atoms with Crippen LogP contribution in [0.25, 0.3) is 10.8 Å². The van der Waals surface area contributed by atoms with Gasteiger partial charge in [0, 0.05) is 5.69 Å². The Labute approximate surface area is 154 Å². The molecule has 0 aliphatic heterocycles. The van der Waals surface area contributed by atoms with Crippen molar-refractivity contribution in [1.29, 1.82) is 0 Å². The van der Waals surface area contributed by atoms with Gasteiger partial charge in [0.05, 0.1) is 18.9 Å². The third kappa shape index (κ3) is 5.06. The number of anilines is 2. The van der Waals surface area contributed by atoms with Gasteiger partial charge in [0.1, 0.15) is 11.5 Å². The fraction of sp³-hybridized carbons (Fsp3) is 0.273. The Balaban J connectivity index is 1.29. The van der Waals surface area contributed by atoms with E-state index < -0.39 is 0 Å². The molecule has 0 amide bonds. The summed E-state index contributed by atoms with van der Waals surface area (Å²) in [5, 5.41) is 2.45. The van der Waals surface area contributed by atoms with Crippen molar-refractivity contribution in [3.63, 3.8) is 0 Å². The Bertz CT molecular complexity index is 848. The third-order valence-corrected chi connectivity index (χ3v) is 4.32. The molecular weight excluding hydrogens is 324 g/mol. The highest BCUT2D eigenvalue weighted by molar-refractivity contribution is 5.83. The summed E-state index contributed by atoms with van der Waals surface area (Å²) in [5.74, 6) is 1.64. The van der Waals surface area contributed by atoms with Crippen LogP contribution in [0, 0.1) is 0 Å². The molecular formula is C22H26N2O2. The van der Waals surface area contributed by atoms with Crippen LogP contribution < -0.4 is 20.9 Å². The Morgan fingerprint density at radius 2 is 1.38 bits per heavy atom. The summed E-state index contributed by atoms with van der Waals surface area (Å²) in [6.07, 6.45) is 4.26. The fourth-order valence-corrected chi connectivity index (χ4v) is 2.89. The maximum atomic E-state index is 5.87. The molecule has 0 spiro atoms. The first-order chi connectivity index (χ1) is 12.7. The lowest BCUT2D eigenvalue weighted by atomic mass is 10.1. The molecule has 136 valence electrons.